The lowest BCUT2D eigenvalue weighted by Gasteiger charge is -2.24. The minimum atomic E-state index is -4.59. The Morgan fingerprint density at radius 1 is 1.04 bits per heavy atom. The van der Waals surface area contributed by atoms with Gasteiger partial charge in [0.1, 0.15) is 5.41 Å². The summed E-state index contributed by atoms with van der Waals surface area (Å²) in [4.78, 5) is 26.9. The maximum Gasteiger partial charge on any atom is 0.418 e. The Kier molecular flexibility index (Phi) is 4.95. The van der Waals surface area contributed by atoms with E-state index in [1.165, 1.54) is 23.1 Å². The molecule has 0 spiro atoms. The lowest BCUT2D eigenvalue weighted by atomic mass is 10.0. The van der Waals surface area contributed by atoms with Gasteiger partial charge in [0.25, 0.3) is 0 Å². The van der Waals surface area contributed by atoms with E-state index in [0.717, 1.165) is 11.6 Å². The van der Waals surface area contributed by atoms with E-state index in [4.69, 9.17) is 0 Å². The van der Waals surface area contributed by atoms with Crippen LogP contribution >= 0.6 is 0 Å². The molecule has 0 aliphatic heterocycles. The monoisotopic (exact) mass is 376 g/mol. The fourth-order valence-electron chi connectivity index (χ4n) is 3.04. The van der Waals surface area contributed by atoms with Crippen molar-refractivity contribution in [2.75, 3.05) is 12.4 Å². The molecule has 7 heteroatoms. The Bertz CT molecular complexity index is 846. The van der Waals surface area contributed by atoms with Gasteiger partial charge in [-0.3, -0.25) is 9.59 Å². The molecule has 0 aromatic heterocycles. The zero-order valence-corrected chi connectivity index (χ0v) is 14.7. The van der Waals surface area contributed by atoms with E-state index < -0.39 is 23.1 Å². The summed E-state index contributed by atoms with van der Waals surface area (Å²) in [6, 6.07) is 14.0. The maximum atomic E-state index is 13.1. The molecule has 0 heterocycles. The highest BCUT2D eigenvalue weighted by molar-refractivity contribution is 6.13. The first-order chi connectivity index (χ1) is 12.7. The van der Waals surface area contributed by atoms with Crippen LogP contribution in [0.3, 0.4) is 0 Å². The fourth-order valence-corrected chi connectivity index (χ4v) is 3.04. The topological polar surface area (TPSA) is 49.4 Å². The highest BCUT2D eigenvalue weighted by Gasteiger charge is 2.57. The second-order valence-electron chi connectivity index (χ2n) is 6.73. The summed E-state index contributed by atoms with van der Waals surface area (Å²) < 4.78 is 39.3. The van der Waals surface area contributed by atoms with Crippen LogP contribution in [-0.2, 0) is 22.3 Å². The van der Waals surface area contributed by atoms with Crippen LogP contribution < -0.4 is 5.32 Å². The van der Waals surface area contributed by atoms with Crippen molar-refractivity contribution in [3.63, 3.8) is 0 Å². The van der Waals surface area contributed by atoms with Crippen molar-refractivity contribution >= 4 is 17.5 Å². The van der Waals surface area contributed by atoms with Crippen LogP contribution in [0.5, 0.6) is 0 Å². The Balaban J connectivity index is 1.74. The molecule has 1 fully saturated rings. The lowest BCUT2D eigenvalue weighted by Crippen LogP contribution is -2.41. The van der Waals surface area contributed by atoms with E-state index in [-0.39, 0.29) is 11.6 Å². The third kappa shape index (κ3) is 3.97. The SMILES string of the molecule is CN(Cc1ccccc1)C(=O)C1(C(=O)Nc2ccccc2C(F)(F)F)CC1. The molecule has 1 aliphatic rings. The van der Waals surface area contributed by atoms with Crippen molar-refractivity contribution < 1.29 is 22.8 Å². The number of nitrogens with zero attached hydrogens (tertiary/aromatic N) is 1. The summed E-state index contributed by atoms with van der Waals surface area (Å²) in [7, 11) is 1.59. The molecular formula is C20H19F3N2O2. The number of amides is 2. The number of para-hydroxylation sites is 1. The van der Waals surface area contributed by atoms with Crippen molar-refractivity contribution in [3.8, 4) is 0 Å². The maximum absolute atomic E-state index is 13.1. The molecule has 0 radical (unpaired) electrons. The molecule has 4 nitrogen and oxygen atoms in total. The summed E-state index contributed by atoms with van der Waals surface area (Å²) in [6.07, 6.45) is -3.94. The normalized spacial score (nSPS) is 15.1. The summed E-state index contributed by atoms with van der Waals surface area (Å²) in [5, 5.41) is 2.31. The lowest BCUT2D eigenvalue weighted by molar-refractivity contribution is -0.141. The summed E-state index contributed by atoms with van der Waals surface area (Å²) in [5.41, 5.74) is -1.64. The predicted molar refractivity (Wildman–Crippen MR) is 94.7 cm³/mol. The number of carbonyl (C=O) groups excluding carboxylic acids is 2. The van der Waals surface area contributed by atoms with Gasteiger partial charge in [0.05, 0.1) is 11.3 Å². The van der Waals surface area contributed by atoms with E-state index in [2.05, 4.69) is 5.32 Å². The average molecular weight is 376 g/mol. The molecule has 0 bridgehead atoms. The third-order valence-electron chi connectivity index (χ3n) is 4.68. The summed E-state index contributed by atoms with van der Waals surface area (Å²) in [5.74, 6) is -1.07. The van der Waals surface area contributed by atoms with Gasteiger partial charge in [-0.05, 0) is 30.5 Å². The molecule has 142 valence electrons. The first kappa shape index (κ1) is 18.9. The number of carbonyl (C=O) groups is 2. The van der Waals surface area contributed by atoms with Crippen LogP contribution in [-0.4, -0.2) is 23.8 Å². The van der Waals surface area contributed by atoms with Gasteiger partial charge in [-0.15, -0.1) is 0 Å². The van der Waals surface area contributed by atoms with Gasteiger partial charge in [-0.25, -0.2) is 0 Å². The zero-order valence-electron chi connectivity index (χ0n) is 14.7. The van der Waals surface area contributed by atoms with Crippen LogP contribution in [0.25, 0.3) is 0 Å². The molecule has 2 amide bonds. The van der Waals surface area contributed by atoms with Crippen molar-refractivity contribution in [1.29, 1.82) is 0 Å². The minimum absolute atomic E-state index is 0.324. The summed E-state index contributed by atoms with van der Waals surface area (Å²) >= 11 is 0. The van der Waals surface area contributed by atoms with Gasteiger partial charge >= 0.3 is 6.18 Å². The van der Waals surface area contributed by atoms with Gasteiger partial charge in [-0.1, -0.05) is 42.5 Å². The molecule has 3 rings (SSSR count). The highest BCUT2D eigenvalue weighted by atomic mass is 19.4. The quantitative estimate of drug-likeness (QED) is 0.800. The number of hydrogen-bond acceptors (Lipinski definition) is 2. The van der Waals surface area contributed by atoms with E-state index in [1.54, 1.807) is 7.05 Å². The second kappa shape index (κ2) is 7.06. The van der Waals surface area contributed by atoms with Gasteiger partial charge in [-0.2, -0.15) is 13.2 Å². The van der Waals surface area contributed by atoms with Crippen molar-refractivity contribution in [2.45, 2.75) is 25.6 Å². The molecule has 2 aromatic rings. The smallest absolute Gasteiger partial charge is 0.340 e. The van der Waals surface area contributed by atoms with Crippen LogP contribution in [0.1, 0.15) is 24.0 Å². The third-order valence-corrected chi connectivity index (χ3v) is 4.68. The van der Waals surface area contributed by atoms with Crippen LogP contribution in [0, 0.1) is 5.41 Å². The van der Waals surface area contributed by atoms with E-state index in [1.807, 2.05) is 30.3 Å². The van der Waals surface area contributed by atoms with E-state index >= 15 is 0 Å². The number of alkyl halides is 3. The van der Waals surface area contributed by atoms with Gasteiger partial charge in [0.15, 0.2) is 0 Å². The van der Waals surface area contributed by atoms with E-state index in [0.29, 0.717) is 19.4 Å². The van der Waals surface area contributed by atoms with Gasteiger partial charge < -0.3 is 10.2 Å². The minimum Gasteiger partial charge on any atom is -0.340 e. The molecule has 0 atom stereocenters. The molecule has 1 N–H and O–H groups in total. The largest absolute Gasteiger partial charge is 0.418 e. The zero-order chi connectivity index (χ0) is 19.7. The Hall–Kier alpha value is -2.83. The molecule has 1 saturated carbocycles. The molecule has 1 aliphatic carbocycles. The second-order valence-corrected chi connectivity index (χ2v) is 6.73. The number of rotatable bonds is 5. The predicted octanol–water partition coefficient (Wildman–Crippen LogP) is 4.08. The van der Waals surface area contributed by atoms with Crippen LogP contribution in [0.2, 0.25) is 0 Å². The average Bonchev–Trinajstić information content (AvgIpc) is 3.43. The van der Waals surface area contributed by atoms with Crippen LogP contribution in [0.15, 0.2) is 54.6 Å². The number of benzene rings is 2. The number of anilines is 1. The van der Waals surface area contributed by atoms with Gasteiger partial charge in [0, 0.05) is 13.6 Å². The molecule has 2 aromatic carbocycles. The van der Waals surface area contributed by atoms with Crippen LogP contribution in [0.4, 0.5) is 18.9 Å². The number of halogens is 3. The first-order valence-corrected chi connectivity index (χ1v) is 8.51. The first-order valence-electron chi connectivity index (χ1n) is 8.51. The Morgan fingerprint density at radius 2 is 1.63 bits per heavy atom. The summed E-state index contributed by atoms with van der Waals surface area (Å²) in [6.45, 7) is 0.327. The Morgan fingerprint density at radius 3 is 2.22 bits per heavy atom. The number of nitrogens with one attached hydrogen (secondary N) is 1. The van der Waals surface area contributed by atoms with Crippen molar-refractivity contribution in [2.24, 2.45) is 5.41 Å². The molecule has 0 saturated heterocycles. The Labute approximate surface area is 155 Å². The van der Waals surface area contributed by atoms with Crippen molar-refractivity contribution in [3.05, 3.63) is 65.7 Å². The fraction of sp³-hybridized carbons (Fsp3) is 0.300. The molecule has 0 unspecified atom stereocenters. The highest BCUT2D eigenvalue weighted by Crippen LogP contribution is 2.48. The molecule has 27 heavy (non-hydrogen) atoms. The van der Waals surface area contributed by atoms with E-state index in [9.17, 15) is 22.8 Å². The van der Waals surface area contributed by atoms with Crippen molar-refractivity contribution in [1.82, 2.24) is 4.90 Å². The molecular weight excluding hydrogens is 357 g/mol. The standard InChI is InChI=1S/C20H19F3N2O2/c1-25(13-14-7-3-2-4-8-14)18(27)19(11-12-19)17(26)24-16-10-6-5-9-15(16)20(21,22)23/h2-10H,11-13H2,1H3,(H,24,26). The van der Waals surface area contributed by atoms with Gasteiger partial charge in [0.2, 0.25) is 11.8 Å². The number of hydrogen-bond donors (Lipinski definition) is 1.